The van der Waals surface area contributed by atoms with Gasteiger partial charge in [0.15, 0.2) is 5.78 Å². The zero-order chi connectivity index (χ0) is 23.8. The van der Waals surface area contributed by atoms with Crippen LogP contribution in [-0.2, 0) is 19.1 Å². The van der Waals surface area contributed by atoms with Crippen LogP contribution in [0.5, 0.6) is 0 Å². The molecule has 0 spiro atoms. The van der Waals surface area contributed by atoms with Crippen molar-refractivity contribution >= 4 is 11.6 Å². The van der Waals surface area contributed by atoms with E-state index in [1.807, 2.05) is 75.3 Å². The van der Waals surface area contributed by atoms with Crippen LogP contribution in [0.3, 0.4) is 0 Å². The molecule has 4 heteroatoms. The van der Waals surface area contributed by atoms with Gasteiger partial charge in [0.25, 0.3) is 0 Å². The van der Waals surface area contributed by atoms with E-state index in [0.29, 0.717) is 12.8 Å². The average Bonchev–Trinajstić information content (AvgIpc) is 2.58. The first kappa shape index (κ1) is 29.0. The topological polar surface area (TPSA) is 52.6 Å². The van der Waals surface area contributed by atoms with Crippen molar-refractivity contribution in [2.75, 3.05) is 6.61 Å². The van der Waals surface area contributed by atoms with Crippen molar-refractivity contribution in [3.05, 3.63) is 12.7 Å². The summed E-state index contributed by atoms with van der Waals surface area (Å²) in [4.78, 5) is 25.4. The third-order valence-electron chi connectivity index (χ3n) is 6.01. The third kappa shape index (κ3) is 10.3. The molecule has 176 valence electrons. The van der Waals surface area contributed by atoms with Crippen molar-refractivity contribution < 1.29 is 19.1 Å². The average molecular weight is 425 g/mol. The second-order valence-electron chi connectivity index (χ2n) is 11.5. The molecule has 0 rings (SSSR count). The number of carbonyl (C=O) groups excluding carboxylic acids is 2. The number of Topliss-reactive ketones (excluding diaryl/α,β-unsaturated/α-hetero) is 2. The van der Waals surface area contributed by atoms with E-state index in [1.165, 1.54) is 0 Å². The molecule has 0 heterocycles. The number of ether oxygens (including phenoxy) is 2. The lowest BCUT2D eigenvalue weighted by Gasteiger charge is -2.43. The molecule has 0 aliphatic rings. The molecule has 0 aromatic heterocycles. The van der Waals surface area contributed by atoms with Gasteiger partial charge in [0, 0.05) is 11.8 Å². The third-order valence-corrected chi connectivity index (χ3v) is 6.01. The lowest BCUT2D eigenvalue weighted by molar-refractivity contribution is -0.169. The van der Waals surface area contributed by atoms with E-state index in [0.717, 1.165) is 25.7 Å². The van der Waals surface area contributed by atoms with Crippen LogP contribution in [0.1, 0.15) is 108 Å². The van der Waals surface area contributed by atoms with Crippen LogP contribution in [0.25, 0.3) is 0 Å². The molecule has 1 unspecified atom stereocenters. The maximum absolute atomic E-state index is 13.0. The van der Waals surface area contributed by atoms with Crippen molar-refractivity contribution in [1.82, 2.24) is 0 Å². The second kappa shape index (κ2) is 11.6. The zero-order valence-corrected chi connectivity index (χ0v) is 21.4. The minimum Gasteiger partial charge on any atom is -0.371 e. The van der Waals surface area contributed by atoms with Crippen LogP contribution >= 0.6 is 0 Å². The van der Waals surface area contributed by atoms with Crippen LogP contribution in [0.2, 0.25) is 0 Å². The Bertz CT molecular complexity index is 559. The van der Waals surface area contributed by atoms with Crippen molar-refractivity contribution in [2.24, 2.45) is 10.8 Å². The number of hydrogen-bond acceptors (Lipinski definition) is 4. The molecule has 0 saturated heterocycles. The molecule has 0 radical (unpaired) electrons. The van der Waals surface area contributed by atoms with Crippen molar-refractivity contribution in [3.63, 3.8) is 0 Å². The Balaban J connectivity index is 5.25. The van der Waals surface area contributed by atoms with Crippen LogP contribution in [-0.4, -0.2) is 35.5 Å². The molecule has 0 aromatic rings. The van der Waals surface area contributed by atoms with Crippen LogP contribution in [0.15, 0.2) is 12.7 Å². The molecule has 0 saturated carbocycles. The maximum atomic E-state index is 13.0. The van der Waals surface area contributed by atoms with Gasteiger partial charge in [-0.3, -0.25) is 9.59 Å². The standard InChI is InChI=1S/C26H48O4/c1-12-13-14-15-16-20(17-18-21(27)23(2,3)4)30-26(10,11)25(8,9)22(28)19-29-24(5,6)7/h12,20H,1,13-19H2,2-11H3. The van der Waals surface area contributed by atoms with Gasteiger partial charge in [-0.2, -0.15) is 0 Å². The Morgan fingerprint density at radius 3 is 1.90 bits per heavy atom. The molecular weight excluding hydrogens is 376 g/mol. The highest BCUT2D eigenvalue weighted by atomic mass is 16.5. The number of rotatable bonds is 14. The maximum Gasteiger partial charge on any atom is 0.166 e. The predicted molar refractivity (Wildman–Crippen MR) is 126 cm³/mol. The Hall–Kier alpha value is -1.00. The normalized spacial score (nSPS) is 14.5. The Kier molecular flexibility index (Phi) is 11.2. The summed E-state index contributed by atoms with van der Waals surface area (Å²) in [6.07, 6.45) is 6.95. The summed E-state index contributed by atoms with van der Waals surface area (Å²) in [7, 11) is 0. The molecule has 0 bridgehead atoms. The first-order valence-electron chi connectivity index (χ1n) is 11.4. The highest BCUT2D eigenvalue weighted by Gasteiger charge is 2.45. The van der Waals surface area contributed by atoms with E-state index in [1.54, 1.807) is 0 Å². The van der Waals surface area contributed by atoms with E-state index < -0.39 is 11.0 Å². The first-order valence-corrected chi connectivity index (χ1v) is 11.4. The Morgan fingerprint density at radius 1 is 0.867 bits per heavy atom. The molecule has 0 aromatic carbocycles. The van der Waals surface area contributed by atoms with Gasteiger partial charge in [-0.05, 0) is 60.3 Å². The van der Waals surface area contributed by atoms with Gasteiger partial charge in [-0.15, -0.1) is 6.58 Å². The van der Waals surface area contributed by atoms with E-state index >= 15 is 0 Å². The van der Waals surface area contributed by atoms with Gasteiger partial charge in [-0.1, -0.05) is 47.1 Å². The summed E-state index contributed by atoms with van der Waals surface area (Å²) in [6.45, 7) is 23.4. The number of allylic oxidation sites excluding steroid dienone is 1. The largest absolute Gasteiger partial charge is 0.371 e. The summed E-state index contributed by atoms with van der Waals surface area (Å²) in [5, 5.41) is 0. The molecular formula is C26H48O4. The van der Waals surface area contributed by atoms with Crippen molar-refractivity contribution in [3.8, 4) is 0 Å². The van der Waals surface area contributed by atoms with Crippen LogP contribution in [0.4, 0.5) is 0 Å². The van der Waals surface area contributed by atoms with E-state index in [4.69, 9.17) is 9.47 Å². The second-order valence-corrected chi connectivity index (χ2v) is 11.5. The molecule has 0 fully saturated rings. The fourth-order valence-electron chi connectivity index (χ4n) is 2.95. The van der Waals surface area contributed by atoms with E-state index in [9.17, 15) is 9.59 Å². The van der Waals surface area contributed by atoms with Gasteiger partial charge in [0.2, 0.25) is 0 Å². The molecule has 0 aliphatic heterocycles. The Labute approximate surface area is 186 Å². The molecule has 0 amide bonds. The smallest absolute Gasteiger partial charge is 0.166 e. The summed E-state index contributed by atoms with van der Waals surface area (Å²) >= 11 is 0. The van der Waals surface area contributed by atoms with Gasteiger partial charge in [-0.25, -0.2) is 0 Å². The monoisotopic (exact) mass is 424 g/mol. The van der Waals surface area contributed by atoms with Gasteiger partial charge < -0.3 is 9.47 Å². The molecule has 4 nitrogen and oxygen atoms in total. The SMILES string of the molecule is C=CCCCCC(CCC(=O)C(C)(C)C)OC(C)(C)C(C)(C)C(=O)COC(C)(C)C. The summed E-state index contributed by atoms with van der Waals surface area (Å²) in [6, 6.07) is 0. The summed E-state index contributed by atoms with van der Waals surface area (Å²) < 4.78 is 12.3. The van der Waals surface area contributed by atoms with E-state index in [2.05, 4.69) is 6.58 Å². The molecule has 0 aliphatic carbocycles. The summed E-state index contributed by atoms with van der Waals surface area (Å²) in [5.41, 5.74) is -2.11. The van der Waals surface area contributed by atoms with Crippen molar-refractivity contribution in [2.45, 2.75) is 125 Å². The van der Waals surface area contributed by atoms with Crippen LogP contribution in [0, 0.1) is 10.8 Å². The lowest BCUT2D eigenvalue weighted by Crippen LogP contribution is -2.50. The van der Waals surface area contributed by atoms with E-state index in [-0.39, 0.29) is 35.3 Å². The van der Waals surface area contributed by atoms with Crippen LogP contribution < -0.4 is 0 Å². The fourth-order valence-corrected chi connectivity index (χ4v) is 2.95. The quantitative estimate of drug-likeness (QED) is 0.230. The number of ketones is 2. The molecule has 0 N–H and O–H groups in total. The lowest BCUT2D eigenvalue weighted by atomic mass is 9.73. The van der Waals surface area contributed by atoms with Gasteiger partial charge >= 0.3 is 0 Å². The molecule has 1 atom stereocenters. The number of hydrogen-bond donors (Lipinski definition) is 0. The fraction of sp³-hybridized carbons (Fsp3) is 0.846. The van der Waals surface area contributed by atoms with Gasteiger partial charge in [0.1, 0.15) is 12.4 Å². The highest BCUT2D eigenvalue weighted by molar-refractivity contribution is 5.86. The first-order chi connectivity index (χ1) is 13.4. The Morgan fingerprint density at radius 2 is 1.43 bits per heavy atom. The van der Waals surface area contributed by atoms with Crippen molar-refractivity contribution in [1.29, 1.82) is 0 Å². The zero-order valence-electron chi connectivity index (χ0n) is 21.4. The number of carbonyl (C=O) groups is 2. The summed E-state index contributed by atoms with van der Waals surface area (Å²) in [5.74, 6) is 0.271. The highest BCUT2D eigenvalue weighted by Crippen LogP contribution is 2.37. The number of unbranched alkanes of at least 4 members (excludes halogenated alkanes) is 2. The predicted octanol–water partition coefficient (Wildman–Crippen LogP) is 6.70. The molecule has 30 heavy (non-hydrogen) atoms. The minimum atomic E-state index is -0.717. The van der Waals surface area contributed by atoms with Gasteiger partial charge in [0.05, 0.1) is 22.7 Å². The minimum absolute atomic E-state index is 0.0265.